The van der Waals surface area contributed by atoms with Crippen LogP contribution in [0.3, 0.4) is 0 Å². The van der Waals surface area contributed by atoms with Gasteiger partial charge in [0.2, 0.25) is 0 Å². The molecule has 1 aliphatic carbocycles. The number of carbonyl (C=O) groups excluding carboxylic acids is 1. The highest BCUT2D eigenvalue weighted by atomic mass is 35.5. The van der Waals surface area contributed by atoms with Crippen molar-refractivity contribution in [3.05, 3.63) is 64.8 Å². The molecule has 1 heterocycles. The zero-order chi connectivity index (χ0) is 22.5. The molecule has 0 spiro atoms. The summed E-state index contributed by atoms with van der Waals surface area (Å²) in [5, 5.41) is 3.44. The Hall–Kier alpha value is -2.57. The maximum absolute atomic E-state index is 12.6. The number of amides is 1. The molecule has 3 aromatic rings. The second kappa shape index (κ2) is 10.4. The number of rotatable bonds is 6. The Morgan fingerprint density at radius 1 is 1.12 bits per heavy atom. The molecule has 1 aromatic heterocycles. The highest BCUT2D eigenvalue weighted by Gasteiger charge is 2.20. The summed E-state index contributed by atoms with van der Waals surface area (Å²) < 4.78 is 16.1. The number of hydrogen-bond donors (Lipinski definition) is 1. The molecule has 168 valence electrons. The summed E-state index contributed by atoms with van der Waals surface area (Å²) >= 11 is 7.57. The van der Waals surface area contributed by atoms with Crippen molar-refractivity contribution in [3.63, 3.8) is 0 Å². The Labute approximate surface area is 197 Å². The maximum atomic E-state index is 12.6. The summed E-state index contributed by atoms with van der Waals surface area (Å²) in [7, 11) is 0. The minimum Gasteiger partial charge on any atom is -0.490 e. The van der Waals surface area contributed by atoms with Gasteiger partial charge in [-0.3, -0.25) is 5.32 Å². The number of aromatic nitrogens is 1. The fraction of sp³-hybridized carbons (Fsp3) is 0.360. The van der Waals surface area contributed by atoms with Crippen LogP contribution in [0.1, 0.15) is 56.4 Å². The average Bonchev–Trinajstić information content (AvgIpc) is 3.15. The molecule has 7 heteroatoms. The van der Waals surface area contributed by atoms with Crippen molar-refractivity contribution in [2.45, 2.75) is 58.2 Å². The van der Waals surface area contributed by atoms with Crippen LogP contribution in [0, 0.1) is 6.92 Å². The van der Waals surface area contributed by atoms with Gasteiger partial charge in [0, 0.05) is 10.6 Å². The third-order valence-electron chi connectivity index (χ3n) is 5.69. The van der Waals surface area contributed by atoms with Gasteiger partial charge in [-0.1, -0.05) is 36.2 Å². The van der Waals surface area contributed by atoms with E-state index in [0.717, 1.165) is 40.3 Å². The molecule has 1 aliphatic rings. The van der Waals surface area contributed by atoms with Gasteiger partial charge < -0.3 is 9.47 Å². The lowest BCUT2D eigenvalue weighted by atomic mass is 9.98. The fourth-order valence-corrected chi connectivity index (χ4v) is 5.08. The quantitative estimate of drug-likeness (QED) is 0.399. The molecule has 32 heavy (non-hydrogen) atoms. The van der Waals surface area contributed by atoms with E-state index in [1.165, 1.54) is 30.8 Å². The van der Waals surface area contributed by atoms with E-state index in [2.05, 4.69) is 9.69 Å². The van der Waals surface area contributed by atoms with E-state index in [1.807, 2.05) is 49.4 Å². The molecule has 2 aromatic carbocycles. The molecule has 0 aliphatic heterocycles. The van der Waals surface area contributed by atoms with Crippen LogP contribution in [0.4, 0.5) is 10.5 Å². The highest BCUT2D eigenvalue weighted by molar-refractivity contribution is 7.10. The molecule has 1 amide bonds. The summed E-state index contributed by atoms with van der Waals surface area (Å²) in [6, 6.07) is 15.3. The average molecular weight is 471 g/mol. The topological polar surface area (TPSA) is 60.5 Å². The second-order valence-corrected chi connectivity index (χ2v) is 9.25. The molecular weight excluding hydrogens is 444 g/mol. The Bertz CT molecular complexity index is 1060. The van der Waals surface area contributed by atoms with Crippen LogP contribution in [0.5, 0.6) is 5.75 Å². The molecule has 0 saturated heterocycles. The number of anilines is 1. The Kier molecular flexibility index (Phi) is 7.33. The number of aryl methyl sites for hydroxylation is 1. The lowest BCUT2D eigenvalue weighted by molar-refractivity contribution is 0.121. The maximum Gasteiger partial charge on any atom is 0.412 e. The molecule has 0 bridgehead atoms. The number of ether oxygens (including phenoxy) is 2. The van der Waals surface area contributed by atoms with Gasteiger partial charge in [-0.25, -0.2) is 4.79 Å². The van der Waals surface area contributed by atoms with Gasteiger partial charge in [0.15, 0.2) is 0 Å². The van der Waals surface area contributed by atoms with E-state index in [1.54, 1.807) is 13.0 Å². The SMILES string of the molecule is Cc1nsc(-c2ccc(OC3CCCCC3)cc2)c1NC(=O)OC(C)c1ccccc1Cl. The van der Waals surface area contributed by atoms with Gasteiger partial charge >= 0.3 is 6.09 Å². The van der Waals surface area contributed by atoms with Gasteiger partial charge in [0.05, 0.1) is 22.4 Å². The zero-order valence-corrected chi connectivity index (χ0v) is 19.8. The van der Waals surface area contributed by atoms with Crippen LogP contribution >= 0.6 is 23.1 Å². The molecule has 1 saturated carbocycles. The number of halogens is 1. The van der Waals surface area contributed by atoms with E-state index in [4.69, 9.17) is 21.1 Å². The first-order valence-electron chi connectivity index (χ1n) is 11.0. The number of nitrogens with zero attached hydrogens (tertiary/aromatic N) is 1. The van der Waals surface area contributed by atoms with E-state index in [9.17, 15) is 4.79 Å². The van der Waals surface area contributed by atoms with Gasteiger partial charge in [-0.05, 0) is 87.0 Å². The number of nitrogens with one attached hydrogen (secondary N) is 1. The summed E-state index contributed by atoms with van der Waals surface area (Å²) in [5.74, 6) is 0.879. The first-order chi connectivity index (χ1) is 15.5. The molecule has 1 fully saturated rings. The lowest BCUT2D eigenvalue weighted by Gasteiger charge is -2.23. The second-order valence-electron chi connectivity index (χ2n) is 8.07. The third kappa shape index (κ3) is 5.43. The fourth-order valence-electron chi connectivity index (χ4n) is 3.93. The van der Waals surface area contributed by atoms with Crippen molar-refractivity contribution in [1.82, 2.24) is 4.37 Å². The van der Waals surface area contributed by atoms with E-state index in [-0.39, 0.29) is 0 Å². The molecule has 5 nitrogen and oxygen atoms in total. The minimum absolute atomic E-state index is 0.312. The molecular formula is C25H27ClN2O3S. The van der Waals surface area contributed by atoms with Crippen molar-refractivity contribution in [3.8, 4) is 16.2 Å². The summed E-state index contributed by atoms with van der Waals surface area (Å²) in [5.41, 5.74) is 3.14. The summed E-state index contributed by atoms with van der Waals surface area (Å²) in [4.78, 5) is 13.5. The third-order valence-corrected chi connectivity index (χ3v) is 7.02. The van der Waals surface area contributed by atoms with Crippen molar-refractivity contribution in [2.75, 3.05) is 5.32 Å². The van der Waals surface area contributed by atoms with Gasteiger partial charge in [-0.2, -0.15) is 4.37 Å². The largest absolute Gasteiger partial charge is 0.490 e. The number of hydrogen-bond acceptors (Lipinski definition) is 5. The van der Waals surface area contributed by atoms with E-state index >= 15 is 0 Å². The molecule has 4 rings (SSSR count). The van der Waals surface area contributed by atoms with Crippen molar-refractivity contribution in [1.29, 1.82) is 0 Å². The number of carbonyl (C=O) groups is 1. The molecule has 1 unspecified atom stereocenters. The van der Waals surface area contributed by atoms with Crippen LogP contribution in [-0.4, -0.2) is 16.6 Å². The summed E-state index contributed by atoms with van der Waals surface area (Å²) in [6.45, 7) is 3.67. The Morgan fingerprint density at radius 2 is 1.84 bits per heavy atom. The summed E-state index contributed by atoms with van der Waals surface area (Å²) in [6.07, 6.45) is 5.32. The van der Waals surface area contributed by atoms with Crippen molar-refractivity contribution < 1.29 is 14.3 Å². The normalized spacial score (nSPS) is 15.2. The Balaban J connectivity index is 1.43. The molecule has 1 N–H and O–H groups in total. The van der Waals surface area contributed by atoms with Gasteiger partial charge in [0.1, 0.15) is 11.9 Å². The molecule has 1 atom stereocenters. The van der Waals surface area contributed by atoms with Gasteiger partial charge in [-0.15, -0.1) is 0 Å². The van der Waals surface area contributed by atoms with E-state index < -0.39 is 12.2 Å². The van der Waals surface area contributed by atoms with Crippen LogP contribution < -0.4 is 10.1 Å². The van der Waals surface area contributed by atoms with Gasteiger partial charge in [0.25, 0.3) is 0 Å². The monoisotopic (exact) mass is 470 g/mol. The van der Waals surface area contributed by atoms with Crippen molar-refractivity contribution in [2.24, 2.45) is 0 Å². The smallest absolute Gasteiger partial charge is 0.412 e. The highest BCUT2D eigenvalue weighted by Crippen LogP contribution is 2.36. The van der Waals surface area contributed by atoms with Crippen LogP contribution in [0.25, 0.3) is 10.4 Å². The predicted molar refractivity (Wildman–Crippen MR) is 130 cm³/mol. The predicted octanol–water partition coefficient (Wildman–Crippen LogP) is 7.79. The van der Waals surface area contributed by atoms with Crippen LogP contribution in [0.2, 0.25) is 5.02 Å². The van der Waals surface area contributed by atoms with E-state index in [0.29, 0.717) is 16.8 Å². The lowest BCUT2D eigenvalue weighted by Crippen LogP contribution is -2.19. The standard InChI is InChI=1S/C25H27ClN2O3S/c1-16-23(27-25(29)30-17(2)21-10-6-7-11-22(21)26)24(32-28-16)18-12-14-20(15-13-18)31-19-8-4-3-5-9-19/h6-7,10-15,17,19H,3-5,8-9H2,1-2H3,(H,27,29). The first kappa shape index (κ1) is 22.6. The number of benzene rings is 2. The minimum atomic E-state index is -0.542. The van der Waals surface area contributed by atoms with Crippen molar-refractivity contribution >= 4 is 34.9 Å². The van der Waals surface area contributed by atoms with Crippen LogP contribution in [-0.2, 0) is 4.74 Å². The first-order valence-corrected chi connectivity index (χ1v) is 12.1. The Morgan fingerprint density at radius 3 is 2.56 bits per heavy atom. The molecule has 0 radical (unpaired) electrons. The van der Waals surface area contributed by atoms with Crippen LogP contribution in [0.15, 0.2) is 48.5 Å². The zero-order valence-electron chi connectivity index (χ0n) is 18.3.